The Kier molecular flexibility index (Phi) is 4.49. The first-order chi connectivity index (χ1) is 9.52. The summed E-state index contributed by atoms with van der Waals surface area (Å²) in [7, 11) is 2.03. The zero-order valence-corrected chi connectivity index (χ0v) is 12.2. The van der Waals surface area contributed by atoms with Crippen LogP contribution in [-0.2, 0) is 0 Å². The molecule has 2 rings (SSSR count). The van der Waals surface area contributed by atoms with Gasteiger partial charge in [0, 0.05) is 37.6 Å². The first-order valence-electron chi connectivity index (χ1n) is 7.11. The van der Waals surface area contributed by atoms with Crippen LogP contribution in [0.15, 0.2) is 18.2 Å². The van der Waals surface area contributed by atoms with Gasteiger partial charge in [-0.05, 0) is 37.6 Å². The second-order valence-electron chi connectivity index (χ2n) is 5.35. The molecule has 1 aliphatic heterocycles. The van der Waals surface area contributed by atoms with E-state index in [-0.39, 0.29) is 5.56 Å². The van der Waals surface area contributed by atoms with Gasteiger partial charge in [-0.25, -0.2) is 4.79 Å². The number of nitrogens with two attached hydrogens (primary N) is 1. The zero-order valence-electron chi connectivity index (χ0n) is 12.2. The highest BCUT2D eigenvalue weighted by Gasteiger charge is 2.22. The van der Waals surface area contributed by atoms with Crippen molar-refractivity contribution in [3.8, 4) is 0 Å². The summed E-state index contributed by atoms with van der Waals surface area (Å²) in [5, 5.41) is 9.14. The maximum atomic E-state index is 11.1. The molecule has 0 saturated carbocycles. The Morgan fingerprint density at radius 2 is 2.10 bits per heavy atom. The molecule has 1 fully saturated rings. The number of piperidine rings is 1. The van der Waals surface area contributed by atoms with Crippen LogP contribution in [0.1, 0.15) is 30.1 Å². The minimum atomic E-state index is -0.974. The summed E-state index contributed by atoms with van der Waals surface area (Å²) in [5.74, 6) is -0.974. The minimum Gasteiger partial charge on any atom is -0.478 e. The fourth-order valence-electron chi connectivity index (χ4n) is 2.78. The summed E-state index contributed by atoms with van der Waals surface area (Å²) in [4.78, 5) is 15.8. The molecule has 1 aliphatic rings. The smallest absolute Gasteiger partial charge is 0.337 e. The van der Waals surface area contributed by atoms with E-state index < -0.39 is 5.97 Å². The largest absolute Gasteiger partial charge is 0.478 e. The summed E-state index contributed by atoms with van der Waals surface area (Å²) in [5.41, 5.74) is 7.12. The maximum absolute atomic E-state index is 11.1. The average Bonchev–Trinajstić information content (AvgIpc) is 2.47. The number of anilines is 2. The van der Waals surface area contributed by atoms with E-state index in [1.54, 1.807) is 12.1 Å². The van der Waals surface area contributed by atoms with Crippen LogP contribution in [0, 0.1) is 0 Å². The number of likely N-dealkylation sites (tertiary alicyclic amines) is 1. The van der Waals surface area contributed by atoms with Gasteiger partial charge in [0.05, 0.1) is 5.56 Å². The number of aromatic carboxylic acids is 1. The van der Waals surface area contributed by atoms with E-state index in [1.165, 1.54) is 0 Å². The van der Waals surface area contributed by atoms with Crippen LogP contribution in [0.3, 0.4) is 0 Å². The standard InChI is InChI=1S/C15H23N3O2/c1-3-18-8-6-11(7-9-18)17(2)12-4-5-14(16)13(10-12)15(19)20/h4-5,10-11H,3,6-9,16H2,1-2H3,(H,19,20). The number of hydrogen-bond donors (Lipinski definition) is 2. The molecule has 0 unspecified atom stereocenters. The van der Waals surface area contributed by atoms with Crippen LogP contribution in [0.4, 0.5) is 11.4 Å². The third-order valence-corrected chi connectivity index (χ3v) is 4.23. The Balaban J connectivity index is 2.11. The van der Waals surface area contributed by atoms with Crippen LogP contribution in [0.5, 0.6) is 0 Å². The Morgan fingerprint density at radius 1 is 1.45 bits per heavy atom. The van der Waals surface area contributed by atoms with Gasteiger partial charge in [0.15, 0.2) is 0 Å². The SMILES string of the molecule is CCN1CCC(N(C)c2ccc(N)c(C(=O)O)c2)CC1. The number of nitrogen functional groups attached to an aromatic ring is 1. The Bertz CT molecular complexity index is 482. The van der Waals surface area contributed by atoms with Crippen molar-refractivity contribution in [1.29, 1.82) is 0 Å². The van der Waals surface area contributed by atoms with E-state index in [0.29, 0.717) is 11.7 Å². The molecule has 0 spiro atoms. The molecular formula is C15H23N3O2. The molecule has 1 aromatic carbocycles. The van der Waals surface area contributed by atoms with Crippen LogP contribution >= 0.6 is 0 Å². The normalized spacial score (nSPS) is 17.1. The predicted octanol–water partition coefficient (Wildman–Crippen LogP) is 1.89. The van der Waals surface area contributed by atoms with Gasteiger partial charge < -0.3 is 20.6 Å². The van der Waals surface area contributed by atoms with Gasteiger partial charge in [-0.15, -0.1) is 0 Å². The van der Waals surface area contributed by atoms with E-state index in [2.05, 4.69) is 16.7 Å². The second-order valence-corrected chi connectivity index (χ2v) is 5.35. The van der Waals surface area contributed by atoms with Gasteiger partial charge in [0.25, 0.3) is 0 Å². The molecule has 1 heterocycles. The van der Waals surface area contributed by atoms with E-state index >= 15 is 0 Å². The Labute approximate surface area is 120 Å². The Morgan fingerprint density at radius 3 is 2.65 bits per heavy atom. The van der Waals surface area contributed by atoms with Gasteiger partial charge in [-0.3, -0.25) is 0 Å². The molecule has 5 nitrogen and oxygen atoms in total. The highest BCUT2D eigenvalue weighted by Crippen LogP contribution is 2.25. The second kappa shape index (κ2) is 6.13. The summed E-state index contributed by atoms with van der Waals surface area (Å²) < 4.78 is 0. The molecular weight excluding hydrogens is 254 g/mol. The Hall–Kier alpha value is -1.75. The summed E-state index contributed by atoms with van der Waals surface area (Å²) in [6, 6.07) is 5.71. The van der Waals surface area contributed by atoms with Crippen molar-refractivity contribution in [2.45, 2.75) is 25.8 Å². The van der Waals surface area contributed by atoms with Crippen LogP contribution in [-0.4, -0.2) is 48.7 Å². The molecule has 20 heavy (non-hydrogen) atoms. The lowest BCUT2D eigenvalue weighted by Gasteiger charge is -2.37. The lowest BCUT2D eigenvalue weighted by molar-refractivity contribution is 0.0698. The highest BCUT2D eigenvalue weighted by atomic mass is 16.4. The molecule has 0 bridgehead atoms. The number of carbonyl (C=O) groups is 1. The fraction of sp³-hybridized carbons (Fsp3) is 0.533. The third-order valence-electron chi connectivity index (χ3n) is 4.23. The van der Waals surface area contributed by atoms with Crippen molar-refractivity contribution in [3.05, 3.63) is 23.8 Å². The lowest BCUT2D eigenvalue weighted by Crippen LogP contribution is -2.43. The number of carboxylic acid groups (broad SMARTS) is 1. The summed E-state index contributed by atoms with van der Waals surface area (Å²) in [6.45, 7) is 5.49. The number of rotatable bonds is 4. The number of nitrogens with zero attached hydrogens (tertiary/aromatic N) is 2. The fourth-order valence-corrected chi connectivity index (χ4v) is 2.78. The van der Waals surface area contributed by atoms with Crippen LogP contribution < -0.4 is 10.6 Å². The molecule has 0 aromatic heterocycles. The van der Waals surface area contributed by atoms with Crippen LogP contribution in [0.2, 0.25) is 0 Å². The quantitative estimate of drug-likeness (QED) is 0.822. The summed E-state index contributed by atoms with van der Waals surface area (Å²) in [6.07, 6.45) is 2.22. The molecule has 0 aliphatic carbocycles. The molecule has 0 amide bonds. The van der Waals surface area contributed by atoms with Crippen LogP contribution in [0.25, 0.3) is 0 Å². The van der Waals surface area contributed by atoms with Crippen molar-refractivity contribution in [2.75, 3.05) is 37.3 Å². The third kappa shape index (κ3) is 3.04. The van der Waals surface area contributed by atoms with Gasteiger partial charge in [-0.2, -0.15) is 0 Å². The topological polar surface area (TPSA) is 69.8 Å². The lowest BCUT2D eigenvalue weighted by atomic mass is 10.0. The molecule has 5 heteroatoms. The maximum Gasteiger partial charge on any atom is 0.337 e. The van der Waals surface area contributed by atoms with E-state index in [1.807, 2.05) is 13.1 Å². The van der Waals surface area contributed by atoms with Gasteiger partial charge in [0.2, 0.25) is 0 Å². The van der Waals surface area contributed by atoms with Crippen molar-refractivity contribution in [1.82, 2.24) is 4.90 Å². The van der Waals surface area contributed by atoms with E-state index in [0.717, 1.165) is 38.2 Å². The molecule has 3 N–H and O–H groups in total. The predicted molar refractivity (Wildman–Crippen MR) is 81.4 cm³/mol. The van der Waals surface area contributed by atoms with Crippen molar-refractivity contribution >= 4 is 17.3 Å². The number of carboxylic acids is 1. The monoisotopic (exact) mass is 277 g/mol. The zero-order chi connectivity index (χ0) is 14.7. The number of benzene rings is 1. The van der Waals surface area contributed by atoms with E-state index in [4.69, 9.17) is 10.8 Å². The van der Waals surface area contributed by atoms with E-state index in [9.17, 15) is 4.79 Å². The van der Waals surface area contributed by atoms with Gasteiger partial charge in [-0.1, -0.05) is 6.92 Å². The van der Waals surface area contributed by atoms with Gasteiger partial charge in [0.1, 0.15) is 0 Å². The van der Waals surface area contributed by atoms with Crippen molar-refractivity contribution in [2.24, 2.45) is 0 Å². The minimum absolute atomic E-state index is 0.181. The first-order valence-corrected chi connectivity index (χ1v) is 7.11. The molecule has 110 valence electrons. The molecule has 1 aromatic rings. The summed E-state index contributed by atoms with van der Waals surface area (Å²) >= 11 is 0. The highest BCUT2D eigenvalue weighted by molar-refractivity contribution is 5.94. The first kappa shape index (κ1) is 14.7. The molecule has 0 atom stereocenters. The average molecular weight is 277 g/mol. The molecule has 0 radical (unpaired) electrons. The number of hydrogen-bond acceptors (Lipinski definition) is 4. The van der Waals surface area contributed by atoms with Crippen molar-refractivity contribution < 1.29 is 9.90 Å². The van der Waals surface area contributed by atoms with Crippen molar-refractivity contribution in [3.63, 3.8) is 0 Å². The molecule has 1 saturated heterocycles. The van der Waals surface area contributed by atoms with Gasteiger partial charge >= 0.3 is 5.97 Å².